The van der Waals surface area contributed by atoms with Gasteiger partial charge in [0.1, 0.15) is 12.3 Å². The van der Waals surface area contributed by atoms with E-state index in [-0.39, 0.29) is 6.42 Å². The number of nitrogens with two attached hydrogens (primary N) is 1. The van der Waals surface area contributed by atoms with Gasteiger partial charge in [0, 0.05) is 6.04 Å². The fourth-order valence-electron chi connectivity index (χ4n) is 0.821. The van der Waals surface area contributed by atoms with Crippen molar-refractivity contribution in [3.8, 4) is 0 Å². The molecule has 0 radical (unpaired) electrons. The van der Waals surface area contributed by atoms with E-state index in [0.29, 0.717) is 0 Å². The van der Waals surface area contributed by atoms with Crippen LogP contribution in [0.3, 0.4) is 0 Å². The predicted molar refractivity (Wildman–Crippen MR) is 50.4 cm³/mol. The molecule has 0 aromatic rings. The molecule has 0 heterocycles. The van der Waals surface area contributed by atoms with Gasteiger partial charge in [0.05, 0.1) is 12.5 Å². The van der Waals surface area contributed by atoms with Crippen molar-refractivity contribution in [2.75, 3.05) is 6.67 Å². The molecular formula is C9H18FNO3. The molecule has 0 aliphatic heterocycles. The normalized spacial score (nSPS) is 17.1. The first-order chi connectivity index (χ1) is 6.80. The zero-order chi connectivity index (χ0) is 12.1. The van der Waals surface area contributed by atoms with E-state index in [0.717, 1.165) is 0 Å². The number of aliphatic hydroxyl groups excluding tert-OH is 1. The average Bonchev–Trinajstić information content (AvgIpc) is 2.02. The van der Waals surface area contributed by atoms with Crippen molar-refractivity contribution in [3.63, 3.8) is 0 Å². The van der Waals surface area contributed by atoms with E-state index in [4.69, 9.17) is 11.9 Å². The Balaban J connectivity index is 4.06. The minimum absolute atomic E-state index is 0.162. The second-order valence-corrected chi connectivity index (χ2v) is 4.15. The zero-order valence-corrected chi connectivity index (χ0v) is 8.75. The number of esters is 1. The molecule has 0 spiro atoms. The van der Waals surface area contributed by atoms with Gasteiger partial charge < -0.3 is 15.6 Å². The highest BCUT2D eigenvalue weighted by atomic mass is 19.1. The summed E-state index contributed by atoms with van der Waals surface area (Å²) < 4.78 is 23.8. The molecule has 0 aliphatic rings. The van der Waals surface area contributed by atoms with Crippen molar-refractivity contribution in [1.82, 2.24) is 0 Å². The molecule has 4 nitrogen and oxygen atoms in total. The SMILES string of the molecule is [3H]O[C@H](CF)[C@H](N)CC(=O)OC(C)(C)C. The Hall–Kier alpha value is -0.680. The van der Waals surface area contributed by atoms with Gasteiger partial charge in [0.2, 0.25) is 1.43 Å². The number of carbonyl (C=O) groups is 1. The highest BCUT2D eigenvalue weighted by Gasteiger charge is 2.22. The number of halogens is 1. The van der Waals surface area contributed by atoms with Crippen LogP contribution < -0.4 is 5.73 Å². The molecular weight excluding hydrogens is 189 g/mol. The lowest BCUT2D eigenvalue weighted by molar-refractivity contribution is -0.155. The monoisotopic (exact) mass is 209 g/mol. The van der Waals surface area contributed by atoms with Crippen molar-refractivity contribution in [3.05, 3.63) is 0 Å². The van der Waals surface area contributed by atoms with Gasteiger partial charge in [0.25, 0.3) is 0 Å². The van der Waals surface area contributed by atoms with Gasteiger partial charge in [-0.15, -0.1) is 0 Å². The van der Waals surface area contributed by atoms with Crippen LogP contribution in [-0.2, 0) is 9.53 Å². The predicted octanol–water partition coefficient (Wildman–Crippen LogP) is 0.376. The van der Waals surface area contributed by atoms with Crippen LogP contribution >= 0.6 is 0 Å². The van der Waals surface area contributed by atoms with Crippen molar-refractivity contribution >= 4 is 5.97 Å². The van der Waals surface area contributed by atoms with Crippen molar-refractivity contribution < 1.29 is 19.0 Å². The lowest BCUT2D eigenvalue weighted by Gasteiger charge is -2.21. The standard InChI is InChI=1S/C9H18FNO3/c1-9(2,3)14-8(13)4-6(11)7(12)5-10/h6-7,12H,4-5,11H2,1-3H3/t6-,7-/m1/s1/i12T. The van der Waals surface area contributed by atoms with E-state index < -0.39 is 30.4 Å². The van der Waals surface area contributed by atoms with Crippen LogP contribution in [0.4, 0.5) is 4.39 Å². The Morgan fingerprint density at radius 1 is 1.71 bits per heavy atom. The number of rotatable bonds is 5. The molecule has 0 saturated carbocycles. The maximum absolute atomic E-state index is 12.2. The summed E-state index contributed by atoms with van der Waals surface area (Å²) in [5.74, 6) is -0.523. The number of ether oxygens (including phenoxy) is 1. The largest absolute Gasteiger partial charge is 0.460 e. The third-order valence-corrected chi connectivity index (χ3v) is 1.45. The fraction of sp³-hybridized carbons (Fsp3) is 0.889. The smallest absolute Gasteiger partial charge is 0.307 e. The van der Waals surface area contributed by atoms with Crippen LogP contribution in [0.25, 0.3) is 0 Å². The molecule has 0 fully saturated rings. The number of hydrogen-bond donors (Lipinski definition) is 2. The van der Waals surface area contributed by atoms with Crippen LogP contribution in [0.2, 0.25) is 0 Å². The van der Waals surface area contributed by atoms with Gasteiger partial charge >= 0.3 is 5.97 Å². The Morgan fingerprint density at radius 3 is 2.64 bits per heavy atom. The van der Waals surface area contributed by atoms with Crippen LogP contribution in [-0.4, -0.2) is 36.9 Å². The Bertz CT molecular complexity index is 204. The van der Waals surface area contributed by atoms with E-state index in [2.05, 4.69) is 5.11 Å². The maximum atomic E-state index is 12.2. The van der Waals surface area contributed by atoms with Gasteiger partial charge in [-0.1, -0.05) is 0 Å². The summed E-state index contributed by atoms with van der Waals surface area (Å²) in [5, 5.41) is 4.03. The quantitative estimate of drug-likeness (QED) is 0.642. The molecule has 0 aromatic heterocycles. The lowest BCUT2D eigenvalue weighted by Crippen LogP contribution is -2.39. The first-order valence-corrected chi connectivity index (χ1v) is 4.45. The van der Waals surface area contributed by atoms with Crippen molar-refractivity contribution in [1.29, 1.82) is 1.43 Å². The van der Waals surface area contributed by atoms with Crippen molar-refractivity contribution in [2.24, 2.45) is 5.73 Å². The Labute approximate surface area is 84.7 Å². The van der Waals surface area contributed by atoms with Crippen LogP contribution in [0, 0.1) is 0 Å². The van der Waals surface area contributed by atoms with E-state index in [1.54, 1.807) is 20.8 Å². The van der Waals surface area contributed by atoms with E-state index in [1.165, 1.54) is 0 Å². The van der Waals surface area contributed by atoms with Crippen LogP contribution in [0.1, 0.15) is 27.2 Å². The minimum atomic E-state index is -1.09. The Morgan fingerprint density at radius 2 is 2.29 bits per heavy atom. The van der Waals surface area contributed by atoms with Crippen LogP contribution in [0.5, 0.6) is 0 Å². The highest BCUT2D eigenvalue weighted by molar-refractivity contribution is 5.70. The fourth-order valence-corrected chi connectivity index (χ4v) is 0.821. The molecule has 0 bridgehead atoms. The van der Waals surface area contributed by atoms with E-state index >= 15 is 0 Å². The third kappa shape index (κ3) is 5.88. The molecule has 5 heteroatoms. The summed E-state index contributed by atoms with van der Waals surface area (Å²) in [6.07, 6.45) is -1.25. The van der Waals surface area contributed by atoms with Gasteiger partial charge in [-0.25, -0.2) is 4.39 Å². The maximum Gasteiger partial charge on any atom is 0.307 e. The van der Waals surface area contributed by atoms with Gasteiger partial charge in [-0.2, -0.15) is 0 Å². The van der Waals surface area contributed by atoms with Gasteiger partial charge in [-0.05, 0) is 20.8 Å². The zero-order valence-electron chi connectivity index (χ0n) is 9.75. The summed E-state index contributed by atoms with van der Waals surface area (Å²) in [5.41, 5.74) is 4.88. The first-order valence-electron chi connectivity index (χ1n) is 4.86. The topological polar surface area (TPSA) is 72.5 Å². The molecule has 0 aromatic carbocycles. The molecule has 0 aliphatic carbocycles. The summed E-state index contributed by atoms with van der Waals surface area (Å²) in [4.78, 5) is 11.3. The number of hydrogen-bond acceptors (Lipinski definition) is 4. The molecule has 14 heavy (non-hydrogen) atoms. The first kappa shape index (κ1) is 11.4. The molecule has 3 N–H and O–H groups in total. The second kappa shape index (κ2) is 5.26. The summed E-state index contributed by atoms with van der Waals surface area (Å²) in [6, 6.07) is -0.859. The lowest BCUT2D eigenvalue weighted by atomic mass is 10.1. The molecule has 84 valence electrons. The summed E-state index contributed by atoms with van der Waals surface area (Å²) in [7, 11) is 0. The molecule has 0 rings (SSSR count). The van der Waals surface area contributed by atoms with Gasteiger partial charge in [0.15, 0.2) is 0 Å². The average molecular weight is 209 g/mol. The summed E-state index contributed by atoms with van der Waals surface area (Å²) >= 11 is 0. The molecule has 2 atom stereocenters. The number of aliphatic hydroxyl groups is 1. The summed E-state index contributed by atoms with van der Waals surface area (Å²) in [6.45, 7) is 4.28. The van der Waals surface area contributed by atoms with E-state index in [9.17, 15) is 9.18 Å². The highest BCUT2D eigenvalue weighted by Crippen LogP contribution is 2.09. The minimum Gasteiger partial charge on any atom is -0.460 e. The van der Waals surface area contributed by atoms with E-state index in [1.807, 2.05) is 0 Å². The third-order valence-electron chi connectivity index (χ3n) is 1.45. The second-order valence-electron chi connectivity index (χ2n) is 4.15. The van der Waals surface area contributed by atoms with Crippen molar-refractivity contribution in [2.45, 2.75) is 44.9 Å². The number of alkyl halides is 1. The molecule has 0 unspecified atom stereocenters. The Kier molecular flexibility index (Phi) is 4.28. The molecule has 0 saturated heterocycles. The van der Waals surface area contributed by atoms with Gasteiger partial charge in [-0.3, -0.25) is 4.79 Å². The molecule has 0 amide bonds. The van der Waals surface area contributed by atoms with Crippen LogP contribution in [0.15, 0.2) is 0 Å². The number of carbonyl (C=O) groups excluding carboxylic acids is 1.